The van der Waals surface area contributed by atoms with Gasteiger partial charge >= 0.3 is 5.97 Å². The van der Waals surface area contributed by atoms with Crippen molar-refractivity contribution < 1.29 is 28.9 Å². The lowest BCUT2D eigenvalue weighted by Gasteiger charge is -2.38. The molecule has 0 saturated heterocycles. The molecule has 138 valence electrons. The van der Waals surface area contributed by atoms with E-state index in [0.29, 0.717) is 43.2 Å². The molecule has 7 nitrogen and oxygen atoms in total. The van der Waals surface area contributed by atoms with E-state index in [1.807, 2.05) is 0 Å². The van der Waals surface area contributed by atoms with E-state index < -0.39 is 11.4 Å². The molecule has 7 heteroatoms. The van der Waals surface area contributed by atoms with E-state index in [-0.39, 0.29) is 12.3 Å². The summed E-state index contributed by atoms with van der Waals surface area (Å²) in [4.78, 5) is 26.0. The molecule has 1 aliphatic carbocycles. The Balaban J connectivity index is 2.26. The number of benzene rings is 1. The van der Waals surface area contributed by atoms with Gasteiger partial charge in [-0.1, -0.05) is 6.42 Å². The Morgan fingerprint density at radius 3 is 2.32 bits per heavy atom. The Morgan fingerprint density at radius 1 is 1.16 bits per heavy atom. The number of carboxylic acids is 1. The molecule has 0 bridgehead atoms. The largest absolute Gasteiger partial charge is 0.493 e. The molecule has 0 spiro atoms. The molecule has 0 atom stereocenters. The summed E-state index contributed by atoms with van der Waals surface area (Å²) < 4.78 is 15.6. The normalized spacial score (nSPS) is 15.2. The Morgan fingerprint density at radius 2 is 1.84 bits per heavy atom. The number of carbonyl (C=O) groups is 2. The Hall–Kier alpha value is -2.28. The summed E-state index contributed by atoms with van der Waals surface area (Å²) in [5.41, 5.74) is -0.307. The van der Waals surface area contributed by atoms with E-state index in [9.17, 15) is 14.7 Å². The topological polar surface area (TPSA) is 85.3 Å². The molecular formula is C18H25NO6. The summed E-state index contributed by atoms with van der Waals surface area (Å²) in [7, 11) is 4.62. The lowest BCUT2D eigenvalue weighted by Crippen LogP contribution is -2.44. The van der Waals surface area contributed by atoms with Crippen LogP contribution in [-0.4, -0.2) is 51.5 Å². The predicted molar refractivity (Wildman–Crippen MR) is 92.3 cm³/mol. The van der Waals surface area contributed by atoms with Crippen LogP contribution in [0.4, 0.5) is 5.69 Å². The van der Waals surface area contributed by atoms with Gasteiger partial charge in [-0.25, -0.2) is 0 Å². The smallest absolute Gasteiger partial charge is 0.310 e. The van der Waals surface area contributed by atoms with Crippen LogP contribution < -0.4 is 14.4 Å². The van der Waals surface area contributed by atoms with Gasteiger partial charge in [-0.15, -0.1) is 0 Å². The van der Waals surface area contributed by atoms with Crippen LogP contribution in [0.25, 0.3) is 0 Å². The van der Waals surface area contributed by atoms with Crippen LogP contribution in [0.5, 0.6) is 11.5 Å². The maximum atomic E-state index is 12.9. The van der Waals surface area contributed by atoms with Crippen molar-refractivity contribution in [3.05, 3.63) is 18.2 Å². The molecule has 0 aromatic heterocycles. The minimum Gasteiger partial charge on any atom is -0.493 e. The highest BCUT2D eigenvalue weighted by atomic mass is 16.5. The van der Waals surface area contributed by atoms with Gasteiger partial charge in [-0.3, -0.25) is 9.59 Å². The van der Waals surface area contributed by atoms with Crippen molar-refractivity contribution in [1.29, 1.82) is 0 Å². The summed E-state index contributed by atoms with van der Waals surface area (Å²) in [6, 6.07) is 5.18. The van der Waals surface area contributed by atoms with Crippen LogP contribution in [-0.2, 0) is 14.3 Å². The van der Waals surface area contributed by atoms with Crippen molar-refractivity contribution in [2.75, 3.05) is 39.4 Å². The molecule has 0 heterocycles. The summed E-state index contributed by atoms with van der Waals surface area (Å²) in [6.45, 7) is 0.681. The van der Waals surface area contributed by atoms with E-state index in [0.717, 1.165) is 6.42 Å². The number of rotatable bonds is 9. The molecule has 1 amide bonds. The first-order valence-corrected chi connectivity index (χ1v) is 8.22. The summed E-state index contributed by atoms with van der Waals surface area (Å²) in [5, 5.41) is 9.48. The number of anilines is 1. The number of carbonyl (C=O) groups excluding carboxylic acids is 1. The third kappa shape index (κ3) is 4.04. The van der Waals surface area contributed by atoms with Crippen molar-refractivity contribution in [3.8, 4) is 11.5 Å². The van der Waals surface area contributed by atoms with Crippen molar-refractivity contribution in [2.45, 2.75) is 25.7 Å². The fraction of sp³-hybridized carbons (Fsp3) is 0.556. The fourth-order valence-electron chi connectivity index (χ4n) is 3.03. The predicted octanol–water partition coefficient (Wildman–Crippen LogP) is 2.33. The van der Waals surface area contributed by atoms with Crippen LogP contribution in [0.2, 0.25) is 0 Å². The van der Waals surface area contributed by atoms with Crippen LogP contribution >= 0.6 is 0 Å². The van der Waals surface area contributed by atoms with E-state index in [2.05, 4.69) is 0 Å². The van der Waals surface area contributed by atoms with E-state index in [1.54, 1.807) is 37.3 Å². The average molecular weight is 351 g/mol. The van der Waals surface area contributed by atoms with E-state index in [1.165, 1.54) is 7.11 Å². The second-order valence-corrected chi connectivity index (χ2v) is 6.19. The van der Waals surface area contributed by atoms with Gasteiger partial charge < -0.3 is 24.2 Å². The zero-order valence-electron chi connectivity index (χ0n) is 14.9. The Kier molecular flexibility index (Phi) is 6.25. The minimum absolute atomic E-state index is 0.0135. The Bertz CT molecular complexity index is 626. The molecule has 1 aromatic rings. The quantitative estimate of drug-likeness (QED) is 0.735. The summed E-state index contributed by atoms with van der Waals surface area (Å²) in [5.74, 6) is -0.0596. The van der Waals surface area contributed by atoms with Gasteiger partial charge in [0.25, 0.3) is 0 Å². The third-order valence-electron chi connectivity index (χ3n) is 4.75. The molecule has 25 heavy (non-hydrogen) atoms. The van der Waals surface area contributed by atoms with Gasteiger partial charge in [-0.05, 0) is 25.0 Å². The van der Waals surface area contributed by atoms with E-state index in [4.69, 9.17) is 14.2 Å². The number of aliphatic carboxylic acids is 1. The number of carboxylic acid groups (broad SMARTS) is 1. The van der Waals surface area contributed by atoms with Crippen LogP contribution in [0, 0.1) is 5.41 Å². The summed E-state index contributed by atoms with van der Waals surface area (Å²) in [6.07, 6.45) is 1.91. The van der Waals surface area contributed by atoms with Gasteiger partial charge in [-0.2, -0.15) is 0 Å². The van der Waals surface area contributed by atoms with Crippen LogP contribution in [0.1, 0.15) is 25.7 Å². The Labute approximate surface area is 147 Å². The fourth-order valence-corrected chi connectivity index (χ4v) is 3.03. The number of methoxy groups -OCH3 is 3. The number of amides is 1. The average Bonchev–Trinajstić information content (AvgIpc) is 2.57. The summed E-state index contributed by atoms with van der Waals surface area (Å²) >= 11 is 0. The lowest BCUT2D eigenvalue weighted by atomic mass is 9.66. The van der Waals surface area contributed by atoms with E-state index >= 15 is 0 Å². The first kappa shape index (κ1) is 19.1. The number of hydrogen-bond donors (Lipinski definition) is 1. The van der Waals surface area contributed by atoms with Gasteiger partial charge in [0.1, 0.15) is 0 Å². The second kappa shape index (κ2) is 8.20. The van der Waals surface area contributed by atoms with Crippen LogP contribution in [0.15, 0.2) is 18.2 Å². The second-order valence-electron chi connectivity index (χ2n) is 6.19. The number of hydrogen-bond acceptors (Lipinski definition) is 5. The molecule has 0 radical (unpaired) electrons. The minimum atomic E-state index is -0.932. The maximum absolute atomic E-state index is 12.9. The van der Waals surface area contributed by atoms with Gasteiger partial charge in [0.15, 0.2) is 11.5 Å². The van der Waals surface area contributed by atoms with Gasteiger partial charge in [0.05, 0.1) is 26.2 Å². The highest BCUT2D eigenvalue weighted by Gasteiger charge is 2.46. The molecule has 1 N–H and O–H groups in total. The van der Waals surface area contributed by atoms with Crippen molar-refractivity contribution in [3.63, 3.8) is 0 Å². The van der Waals surface area contributed by atoms with Crippen LogP contribution in [0.3, 0.4) is 0 Å². The molecule has 1 aliphatic rings. The molecule has 0 aliphatic heterocycles. The molecule has 2 rings (SSSR count). The molecule has 1 saturated carbocycles. The number of ether oxygens (including phenoxy) is 3. The first-order chi connectivity index (χ1) is 12.0. The van der Waals surface area contributed by atoms with Gasteiger partial charge in [0.2, 0.25) is 5.91 Å². The maximum Gasteiger partial charge on any atom is 0.310 e. The third-order valence-corrected chi connectivity index (χ3v) is 4.75. The van der Waals surface area contributed by atoms with Gasteiger partial charge in [0, 0.05) is 31.8 Å². The van der Waals surface area contributed by atoms with Crippen molar-refractivity contribution in [1.82, 2.24) is 0 Å². The monoisotopic (exact) mass is 351 g/mol. The zero-order chi connectivity index (χ0) is 18.4. The SMILES string of the molecule is COCCN(C(=O)CC1(C(=O)O)CCC1)c1ccc(OC)c(OC)c1. The molecule has 1 fully saturated rings. The number of nitrogens with zero attached hydrogens (tertiary/aromatic N) is 1. The zero-order valence-corrected chi connectivity index (χ0v) is 14.9. The molecular weight excluding hydrogens is 326 g/mol. The van der Waals surface area contributed by atoms with Crippen molar-refractivity contribution in [2.24, 2.45) is 5.41 Å². The highest BCUT2D eigenvalue weighted by molar-refractivity contribution is 5.97. The molecule has 1 aromatic carbocycles. The van der Waals surface area contributed by atoms with Crippen molar-refractivity contribution >= 4 is 17.6 Å². The lowest BCUT2D eigenvalue weighted by molar-refractivity contribution is -0.157. The highest BCUT2D eigenvalue weighted by Crippen LogP contribution is 2.45. The first-order valence-electron chi connectivity index (χ1n) is 8.22. The standard InChI is InChI=1S/C18H25NO6/c1-23-10-9-19(13-5-6-14(24-2)15(11-13)25-3)16(20)12-18(17(21)22)7-4-8-18/h5-6,11H,4,7-10,12H2,1-3H3,(H,21,22). The molecule has 0 unspecified atom stereocenters.